The molecule has 0 saturated heterocycles. The summed E-state index contributed by atoms with van der Waals surface area (Å²) >= 11 is 6.18. The van der Waals surface area contributed by atoms with Crippen LogP contribution in [0.15, 0.2) is 85.3 Å². The number of carbonyl (C=O) groups is 1. The standard InChI is InChI=1S/C27H22BrN5O3S2/c1-16-25(26(36)33(32(16)2)20-6-4-3-5-7-20)31-24(35)15-37-27-30-21-10-9-19(13-23(21)38-27)29-14-17-12-18(28)8-11-22(17)34/h3-14,34H,15H2,1-2H3,(H,31,35). The van der Waals surface area contributed by atoms with E-state index in [-0.39, 0.29) is 28.7 Å². The zero-order valence-corrected chi connectivity index (χ0v) is 23.6. The van der Waals surface area contributed by atoms with Crippen LogP contribution in [0.25, 0.3) is 15.9 Å². The Bertz CT molecular complexity index is 1740. The molecule has 5 aromatic rings. The fraction of sp³-hybridized carbons (Fsp3) is 0.111. The lowest BCUT2D eigenvalue weighted by atomic mass is 10.2. The summed E-state index contributed by atoms with van der Waals surface area (Å²) in [4.78, 5) is 34.8. The molecular formula is C27H22BrN5O3S2. The number of phenolic OH excluding ortho intramolecular Hbond substituents is 1. The molecular weight excluding hydrogens is 586 g/mol. The van der Waals surface area contributed by atoms with Crippen LogP contribution in [0.5, 0.6) is 5.75 Å². The number of hydrogen-bond donors (Lipinski definition) is 2. The second-order valence-electron chi connectivity index (χ2n) is 8.37. The van der Waals surface area contributed by atoms with Gasteiger partial charge in [-0.25, -0.2) is 9.67 Å². The molecule has 0 bridgehead atoms. The second-order valence-corrected chi connectivity index (χ2v) is 11.5. The molecule has 2 N–H and O–H groups in total. The number of thiazole rings is 1. The van der Waals surface area contributed by atoms with E-state index in [9.17, 15) is 14.7 Å². The molecule has 0 spiro atoms. The maximum absolute atomic E-state index is 13.0. The van der Waals surface area contributed by atoms with Gasteiger partial charge in [0.1, 0.15) is 11.4 Å². The van der Waals surface area contributed by atoms with Gasteiger partial charge < -0.3 is 10.4 Å². The van der Waals surface area contributed by atoms with Gasteiger partial charge in [0.2, 0.25) is 5.91 Å². The number of nitrogens with zero attached hydrogens (tertiary/aromatic N) is 4. The first kappa shape index (κ1) is 26.0. The van der Waals surface area contributed by atoms with Gasteiger partial charge in [0.05, 0.1) is 33.0 Å². The summed E-state index contributed by atoms with van der Waals surface area (Å²) in [5.41, 5.74) is 3.53. The normalized spacial score (nSPS) is 11.4. The molecule has 5 rings (SSSR count). The number of fused-ring (bicyclic) bond motifs is 1. The molecule has 2 heterocycles. The number of carbonyl (C=O) groups excluding carboxylic acids is 1. The molecule has 0 saturated carbocycles. The number of halogens is 1. The zero-order valence-electron chi connectivity index (χ0n) is 20.4. The highest BCUT2D eigenvalue weighted by molar-refractivity contribution is 9.10. The minimum Gasteiger partial charge on any atom is -0.507 e. The van der Waals surface area contributed by atoms with E-state index in [1.165, 1.54) is 27.8 Å². The molecule has 192 valence electrons. The second kappa shape index (κ2) is 11.0. The van der Waals surface area contributed by atoms with E-state index in [2.05, 4.69) is 31.2 Å². The topological polar surface area (TPSA) is 102 Å². The lowest BCUT2D eigenvalue weighted by Crippen LogP contribution is -2.23. The number of nitrogens with one attached hydrogen (secondary N) is 1. The van der Waals surface area contributed by atoms with E-state index in [0.29, 0.717) is 11.3 Å². The summed E-state index contributed by atoms with van der Waals surface area (Å²) in [5, 5.41) is 12.8. The number of amides is 1. The molecule has 2 aromatic heterocycles. The maximum Gasteiger partial charge on any atom is 0.295 e. The lowest BCUT2D eigenvalue weighted by molar-refractivity contribution is -0.113. The van der Waals surface area contributed by atoms with Crippen LogP contribution in [0.3, 0.4) is 0 Å². The van der Waals surface area contributed by atoms with E-state index in [4.69, 9.17) is 0 Å². The van der Waals surface area contributed by atoms with Crippen LogP contribution in [0, 0.1) is 6.92 Å². The van der Waals surface area contributed by atoms with Crippen molar-refractivity contribution in [3.05, 3.63) is 92.8 Å². The predicted molar refractivity (Wildman–Crippen MR) is 158 cm³/mol. The van der Waals surface area contributed by atoms with Crippen molar-refractivity contribution < 1.29 is 9.90 Å². The van der Waals surface area contributed by atoms with Gasteiger partial charge in [-0.05, 0) is 55.5 Å². The summed E-state index contributed by atoms with van der Waals surface area (Å²) in [7, 11) is 1.79. The van der Waals surface area contributed by atoms with Gasteiger partial charge in [0.15, 0.2) is 4.34 Å². The number of benzene rings is 3. The van der Waals surface area contributed by atoms with Crippen molar-refractivity contribution in [2.45, 2.75) is 11.3 Å². The zero-order chi connectivity index (χ0) is 26.8. The molecule has 0 unspecified atom stereocenters. The molecule has 0 radical (unpaired) electrons. The Hall–Kier alpha value is -3.67. The van der Waals surface area contributed by atoms with Crippen LogP contribution in [-0.4, -0.2) is 37.3 Å². The van der Waals surface area contributed by atoms with Gasteiger partial charge in [0, 0.05) is 23.3 Å². The van der Waals surface area contributed by atoms with Gasteiger partial charge in [0.25, 0.3) is 5.56 Å². The number of para-hydroxylation sites is 1. The molecule has 0 aliphatic heterocycles. The molecule has 11 heteroatoms. The number of aliphatic imine (C=N–C) groups is 1. The third kappa shape index (κ3) is 5.45. The summed E-state index contributed by atoms with van der Waals surface area (Å²) in [5.74, 6) is -0.0108. The van der Waals surface area contributed by atoms with Gasteiger partial charge >= 0.3 is 0 Å². The number of rotatable bonds is 7. The van der Waals surface area contributed by atoms with Crippen molar-refractivity contribution in [1.82, 2.24) is 14.3 Å². The van der Waals surface area contributed by atoms with Crippen LogP contribution in [0.4, 0.5) is 11.4 Å². The Morgan fingerprint density at radius 2 is 1.97 bits per heavy atom. The summed E-state index contributed by atoms with van der Waals surface area (Å²) < 4.78 is 5.79. The van der Waals surface area contributed by atoms with Crippen LogP contribution < -0.4 is 10.9 Å². The number of hydrogen-bond acceptors (Lipinski definition) is 7. The highest BCUT2D eigenvalue weighted by Gasteiger charge is 2.18. The van der Waals surface area contributed by atoms with E-state index < -0.39 is 0 Å². The minimum atomic E-state index is -0.279. The fourth-order valence-corrected chi connectivity index (χ4v) is 6.10. The van der Waals surface area contributed by atoms with E-state index in [1.807, 2.05) is 48.5 Å². The third-order valence-corrected chi connectivity index (χ3v) is 8.49. The molecule has 0 atom stereocenters. The van der Waals surface area contributed by atoms with Crippen LogP contribution in [0.2, 0.25) is 0 Å². The van der Waals surface area contributed by atoms with Gasteiger partial charge in [-0.15, -0.1) is 11.3 Å². The van der Waals surface area contributed by atoms with Gasteiger partial charge in [-0.1, -0.05) is 45.9 Å². The van der Waals surface area contributed by atoms with E-state index >= 15 is 0 Å². The van der Waals surface area contributed by atoms with Crippen LogP contribution >= 0.6 is 39.0 Å². The molecule has 38 heavy (non-hydrogen) atoms. The molecule has 1 amide bonds. The highest BCUT2D eigenvalue weighted by Crippen LogP contribution is 2.32. The number of thioether (sulfide) groups is 1. The predicted octanol–water partition coefficient (Wildman–Crippen LogP) is 6.04. The van der Waals surface area contributed by atoms with Crippen molar-refractivity contribution in [2.75, 3.05) is 11.1 Å². The van der Waals surface area contributed by atoms with Crippen molar-refractivity contribution in [2.24, 2.45) is 12.0 Å². The Labute approximate surface area is 234 Å². The molecule has 8 nitrogen and oxygen atoms in total. The SMILES string of the molecule is Cc1c(NC(=O)CSc2nc3ccc(N=Cc4cc(Br)ccc4O)cc3s2)c(=O)n(-c2ccccc2)n1C. The monoisotopic (exact) mass is 607 g/mol. The van der Waals surface area contributed by atoms with E-state index in [1.54, 1.807) is 43.1 Å². The fourth-order valence-electron chi connectivity index (χ4n) is 3.82. The largest absolute Gasteiger partial charge is 0.507 e. The minimum absolute atomic E-state index is 0.117. The van der Waals surface area contributed by atoms with Crippen LogP contribution in [0.1, 0.15) is 11.3 Å². The Morgan fingerprint density at radius 3 is 2.76 bits per heavy atom. The van der Waals surface area contributed by atoms with Crippen molar-refractivity contribution in [3.8, 4) is 11.4 Å². The number of anilines is 1. The number of phenols is 1. The average molecular weight is 609 g/mol. The molecule has 0 aliphatic carbocycles. The first-order valence-corrected chi connectivity index (χ1v) is 14.1. The van der Waals surface area contributed by atoms with Crippen molar-refractivity contribution in [3.63, 3.8) is 0 Å². The summed E-state index contributed by atoms with van der Waals surface area (Å²) in [6, 6.07) is 20.1. The van der Waals surface area contributed by atoms with E-state index in [0.717, 1.165) is 30.4 Å². The summed E-state index contributed by atoms with van der Waals surface area (Å²) in [6.07, 6.45) is 1.61. The molecule has 0 fully saturated rings. The van der Waals surface area contributed by atoms with Crippen LogP contribution in [-0.2, 0) is 11.8 Å². The maximum atomic E-state index is 13.0. The van der Waals surface area contributed by atoms with Gasteiger partial charge in [-0.2, -0.15) is 0 Å². The third-order valence-electron chi connectivity index (χ3n) is 5.84. The number of aromatic hydroxyl groups is 1. The smallest absolute Gasteiger partial charge is 0.295 e. The first-order chi connectivity index (χ1) is 18.3. The Morgan fingerprint density at radius 1 is 1.18 bits per heavy atom. The average Bonchev–Trinajstić information content (AvgIpc) is 3.41. The molecule has 0 aliphatic rings. The van der Waals surface area contributed by atoms with Crippen molar-refractivity contribution >= 4 is 72.7 Å². The first-order valence-electron chi connectivity index (χ1n) is 11.5. The molecule has 3 aromatic carbocycles. The lowest BCUT2D eigenvalue weighted by Gasteiger charge is -2.07. The quantitative estimate of drug-likeness (QED) is 0.173. The summed E-state index contributed by atoms with van der Waals surface area (Å²) in [6.45, 7) is 1.80. The Balaban J connectivity index is 1.27. The number of aromatic nitrogens is 3. The van der Waals surface area contributed by atoms with Crippen molar-refractivity contribution in [1.29, 1.82) is 0 Å². The Kier molecular flexibility index (Phi) is 7.50. The van der Waals surface area contributed by atoms with Gasteiger partial charge in [-0.3, -0.25) is 19.3 Å². The highest BCUT2D eigenvalue weighted by atomic mass is 79.9.